The third-order valence-corrected chi connectivity index (χ3v) is 2.66. The maximum absolute atomic E-state index is 11.1. The normalized spacial score (nSPS) is 18.6. The zero-order valence-corrected chi connectivity index (χ0v) is 8.74. The summed E-state index contributed by atoms with van der Waals surface area (Å²) >= 11 is 0. The number of ether oxygens (including phenoxy) is 1. The van der Waals surface area contributed by atoms with Crippen LogP contribution in [0.15, 0.2) is 0 Å². The summed E-state index contributed by atoms with van der Waals surface area (Å²) in [6.07, 6.45) is 1.98. The van der Waals surface area contributed by atoms with Gasteiger partial charge in [0.05, 0.1) is 0 Å². The molecule has 0 aromatic carbocycles. The molecule has 4 heteroatoms. The van der Waals surface area contributed by atoms with Crippen molar-refractivity contribution in [3.05, 3.63) is 0 Å². The number of aliphatic hydroxyl groups excluding tert-OH is 1. The Balaban J connectivity index is 2.20. The van der Waals surface area contributed by atoms with Gasteiger partial charge in [-0.1, -0.05) is 0 Å². The zero-order chi connectivity index (χ0) is 10.4. The molecule has 0 bridgehead atoms. The Kier molecular flexibility index (Phi) is 4.90. The highest BCUT2D eigenvalue weighted by Gasteiger charge is 2.21. The Morgan fingerprint density at radius 3 is 2.64 bits per heavy atom. The Hall–Kier alpha value is -0.610. The van der Waals surface area contributed by atoms with Crippen molar-refractivity contribution in [2.75, 3.05) is 32.9 Å². The Morgan fingerprint density at radius 2 is 2.14 bits per heavy atom. The number of hydrogen-bond acceptors (Lipinski definition) is 3. The van der Waals surface area contributed by atoms with Gasteiger partial charge in [-0.3, -0.25) is 4.79 Å². The van der Waals surface area contributed by atoms with E-state index in [4.69, 9.17) is 9.84 Å². The minimum atomic E-state index is -0.365. The first-order valence-electron chi connectivity index (χ1n) is 5.24. The van der Waals surface area contributed by atoms with E-state index in [9.17, 15) is 4.79 Å². The highest BCUT2D eigenvalue weighted by atomic mass is 16.5. The first-order chi connectivity index (χ1) is 6.77. The fourth-order valence-electron chi connectivity index (χ4n) is 1.73. The number of carbonyl (C=O) groups is 1. The maximum atomic E-state index is 11.1. The number of amides is 1. The van der Waals surface area contributed by atoms with Crippen LogP contribution in [0.25, 0.3) is 0 Å². The molecule has 0 unspecified atom stereocenters. The van der Waals surface area contributed by atoms with Crippen molar-refractivity contribution in [3.8, 4) is 0 Å². The molecule has 1 rings (SSSR count). The molecule has 0 atom stereocenters. The summed E-state index contributed by atoms with van der Waals surface area (Å²) in [6, 6.07) is 0. The smallest absolute Gasteiger partial charge is 0.248 e. The van der Waals surface area contributed by atoms with Crippen molar-refractivity contribution in [1.82, 2.24) is 4.90 Å². The average Bonchev–Trinajstić information content (AvgIpc) is 2.26. The largest absolute Gasteiger partial charge is 0.387 e. The maximum Gasteiger partial charge on any atom is 0.248 e. The standard InChI is InChI=1S/C10H19NO3/c1-2-14-8-9-3-5-11(6-4-9)10(13)7-12/h9,12H,2-8H2,1H3. The van der Waals surface area contributed by atoms with E-state index in [-0.39, 0.29) is 12.5 Å². The Morgan fingerprint density at radius 1 is 1.50 bits per heavy atom. The molecule has 0 aromatic rings. The van der Waals surface area contributed by atoms with Gasteiger partial charge in [-0.25, -0.2) is 0 Å². The van der Waals surface area contributed by atoms with Crippen molar-refractivity contribution in [2.24, 2.45) is 5.92 Å². The van der Waals surface area contributed by atoms with E-state index in [1.807, 2.05) is 6.92 Å². The van der Waals surface area contributed by atoms with Crippen molar-refractivity contribution >= 4 is 5.91 Å². The number of carbonyl (C=O) groups excluding carboxylic acids is 1. The quantitative estimate of drug-likeness (QED) is 0.709. The SMILES string of the molecule is CCOCC1CCN(C(=O)CO)CC1. The van der Waals surface area contributed by atoms with Gasteiger partial charge >= 0.3 is 0 Å². The first kappa shape index (κ1) is 11.5. The molecule has 1 heterocycles. The predicted octanol–water partition coefficient (Wildman–Crippen LogP) is 0.254. The van der Waals surface area contributed by atoms with Gasteiger partial charge in [0.15, 0.2) is 0 Å². The molecule has 0 spiro atoms. The fourth-order valence-corrected chi connectivity index (χ4v) is 1.73. The lowest BCUT2D eigenvalue weighted by Gasteiger charge is -2.31. The molecule has 0 aromatic heterocycles. The van der Waals surface area contributed by atoms with Gasteiger partial charge < -0.3 is 14.7 Å². The fraction of sp³-hybridized carbons (Fsp3) is 0.900. The van der Waals surface area contributed by atoms with Crippen LogP contribution in [0.2, 0.25) is 0 Å². The van der Waals surface area contributed by atoms with E-state index in [2.05, 4.69) is 0 Å². The second kappa shape index (κ2) is 5.98. The number of aliphatic hydroxyl groups is 1. The summed E-state index contributed by atoms with van der Waals surface area (Å²) in [5.74, 6) is 0.428. The minimum absolute atomic E-state index is 0.153. The van der Waals surface area contributed by atoms with Crippen molar-refractivity contribution in [3.63, 3.8) is 0 Å². The monoisotopic (exact) mass is 201 g/mol. The van der Waals surface area contributed by atoms with Crippen LogP contribution in [-0.4, -0.2) is 48.8 Å². The number of nitrogens with zero attached hydrogens (tertiary/aromatic N) is 1. The Bertz CT molecular complexity index is 176. The van der Waals surface area contributed by atoms with Gasteiger partial charge in [0.25, 0.3) is 0 Å². The highest BCUT2D eigenvalue weighted by molar-refractivity contribution is 5.77. The molecule has 1 aliphatic rings. The minimum Gasteiger partial charge on any atom is -0.387 e. The molecule has 1 N–H and O–H groups in total. The molecule has 1 saturated heterocycles. The lowest BCUT2D eigenvalue weighted by atomic mass is 9.98. The average molecular weight is 201 g/mol. The van der Waals surface area contributed by atoms with E-state index in [0.717, 1.165) is 39.1 Å². The molecule has 14 heavy (non-hydrogen) atoms. The molecular formula is C10H19NO3. The van der Waals surface area contributed by atoms with Crippen LogP contribution in [0.3, 0.4) is 0 Å². The van der Waals surface area contributed by atoms with E-state index in [1.54, 1.807) is 4.90 Å². The number of likely N-dealkylation sites (tertiary alicyclic amines) is 1. The van der Waals surface area contributed by atoms with Gasteiger partial charge in [0.2, 0.25) is 5.91 Å². The number of hydrogen-bond donors (Lipinski definition) is 1. The molecule has 82 valence electrons. The van der Waals surface area contributed by atoms with E-state index in [0.29, 0.717) is 5.92 Å². The number of piperidine rings is 1. The summed E-state index contributed by atoms with van der Waals surface area (Å²) in [4.78, 5) is 12.9. The first-order valence-corrected chi connectivity index (χ1v) is 5.24. The molecule has 4 nitrogen and oxygen atoms in total. The van der Waals surface area contributed by atoms with Crippen LogP contribution in [0, 0.1) is 5.92 Å². The van der Waals surface area contributed by atoms with Crippen LogP contribution < -0.4 is 0 Å². The van der Waals surface area contributed by atoms with Gasteiger partial charge in [-0.05, 0) is 25.7 Å². The second-order valence-corrected chi connectivity index (χ2v) is 3.64. The van der Waals surface area contributed by atoms with E-state index < -0.39 is 0 Å². The van der Waals surface area contributed by atoms with Gasteiger partial charge in [0, 0.05) is 26.3 Å². The molecule has 1 amide bonds. The van der Waals surface area contributed by atoms with Gasteiger partial charge in [-0.2, -0.15) is 0 Å². The molecule has 1 fully saturated rings. The van der Waals surface area contributed by atoms with Crippen LogP contribution >= 0.6 is 0 Å². The van der Waals surface area contributed by atoms with Crippen LogP contribution in [-0.2, 0) is 9.53 Å². The molecule has 1 aliphatic heterocycles. The lowest BCUT2D eigenvalue weighted by Crippen LogP contribution is -2.40. The van der Waals surface area contributed by atoms with Crippen molar-refractivity contribution in [1.29, 1.82) is 0 Å². The van der Waals surface area contributed by atoms with Gasteiger partial charge in [-0.15, -0.1) is 0 Å². The second-order valence-electron chi connectivity index (χ2n) is 3.64. The van der Waals surface area contributed by atoms with Gasteiger partial charge in [0.1, 0.15) is 6.61 Å². The topological polar surface area (TPSA) is 49.8 Å². The highest BCUT2D eigenvalue weighted by Crippen LogP contribution is 2.17. The van der Waals surface area contributed by atoms with Crippen LogP contribution in [0.1, 0.15) is 19.8 Å². The molecule has 0 aliphatic carbocycles. The summed E-state index contributed by atoms with van der Waals surface area (Å²) in [5.41, 5.74) is 0. The van der Waals surface area contributed by atoms with E-state index >= 15 is 0 Å². The molecular weight excluding hydrogens is 182 g/mol. The predicted molar refractivity (Wildman–Crippen MR) is 52.9 cm³/mol. The van der Waals surface area contributed by atoms with Crippen molar-refractivity contribution < 1.29 is 14.6 Å². The molecule has 0 saturated carbocycles. The summed E-state index contributed by atoms with van der Waals surface area (Å²) in [5, 5.41) is 8.68. The third-order valence-electron chi connectivity index (χ3n) is 2.66. The summed E-state index contributed by atoms with van der Waals surface area (Å²) < 4.78 is 5.34. The van der Waals surface area contributed by atoms with E-state index in [1.165, 1.54) is 0 Å². The van der Waals surface area contributed by atoms with Crippen molar-refractivity contribution in [2.45, 2.75) is 19.8 Å². The molecule has 0 radical (unpaired) electrons. The Labute approximate surface area is 84.8 Å². The third kappa shape index (κ3) is 3.27. The summed E-state index contributed by atoms with van der Waals surface area (Å²) in [6.45, 7) is 4.71. The van der Waals surface area contributed by atoms with Crippen LogP contribution in [0.5, 0.6) is 0 Å². The lowest BCUT2D eigenvalue weighted by molar-refractivity contribution is -0.135. The van der Waals surface area contributed by atoms with Crippen LogP contribution in [0.4, 0.5) is 0 Å². The summed E-state index contributed by atoms with van der Waals surface area (Å²) in [7, 11) is 0. The number of rotatable bonds is 4. The zero-order valence-electron chi connectivity index (χ0n) is 8.74.